The number of fused-ring (bicyclic) bond motifs is 2. The lowest BCUT2D eigenvalue weighted by Crippen LogP contribution is -2.52. The van der Waals surface area contributed by atoms with Crippen LogP contribution in [0.1, 0.15) is 85.7 Å². The minimum atomic E-state index is 0.538. The van der Waals surface area contributed by atoms with Crippen LogP contribution < -0.4 is 10.6 Å². The van der Waals surface area contributed by atoms with Crippen LogP contribution in [0.3, 0.4) is 0 Å². The highest BCUT2D eigenvalue weighted by Crippen LogP contribution is 2.34. The smallest absolute Gasteiger partial charge is 0.0326 e. The molecular weight excluding hydrogens is 340 g/mol. The van der Waals surface area contributed by atoms with Gasteiger partial charge in [0.1, 0.15) is 0 Å². The summed E-state index contributed by atoms with van der Waals surface area (Å²) >= 11 is 0. The fourth-order valence-electron chi connectivity index (χ4n) is 5.90. The molecule has 0 amide bonds. The first-order valence-corrected chi connectivity index (χ1v) is 11.6. The third kappa shape index (κ3) is 3.77. The molecule has 1 saturated carbocycles. The van der Waals surface area contributed by atoms with E-state index in [1.165, 1.54) is 64.2 Å². The van der Waals surface area contributed by atoms with Gasteiger partial charge >= 0.3 is 0 Å². The predicted octanol–water partition coefficient (Wildman–Crippen LogP) is 5.63. The summed E-state index contributed by atoms with van der Waals surface area (Å²) in [7, 11) is 0. The Labute approximate surface area is 170 Å². The summed E-state index contributed by atoms with van der Waals surface area (Å²) in [6.07, 6.45) is 13.1. The van der Waals surface area contributed by atoms with Crippen molar-refractivity contribution in [2.24, 2.45) is 0 Å². The van der Waals surface area contributed by atoms with Crippen LogP contribution >= 0.6 is 0 Å². The molecule has 1 fully saturated rings. The highest BCUT2D eigenvalue weighted by atomic mass is 15.1. The molecule has 2 nitrogen and oxygen atoms in total. The topological polar surface area (TPSA) is 24.1 Å². The zero-order chi connectivity index (χ0) is 18.8. The summed E-state index contributed by atoms with van der Waals surface area (Å²) in [5, 5.41) is 8.23. The second-order valence-electron chi connectivity index (χ2n) is 9.12. The van der Waals surface area contributed by atoms with Gasteiger partial charge in [0, 0.05) is 24.2 Å². The van der Waals surface area contributed by atoms with Gasteiger partial charge in [-0.1, -0.05) is 61.4 Å². The normalized spacial score (nSPS) is 29.7. The van der Waals surface area contributed by atoms with Gasteiger partial charge in [0.25, 0.3) is 0 Å². The van der Waals surface area contributed by atoms with E-state index in [0.29, 0.717) is 24.2 Å². The van der Waals surface area contributed by atoms with Crippen molar-refractivity contribution in [3.8, 4) is 0 Å². The monoisotopic (exact) mass is 374 g/mol. The van der Waals surface area contributed by atoms with Gasteiger partial charge in [0.2, 0.25) is 0 Å². The number of nitrogens with one attached hydrogen (secondary N) is 2. The zero-order valence-electron chi connectivity index (χ0n) is 17.0. The van der Waals surface area contributed by atoms with E-state index in [0.717, 1.165) is 0 Å². The Morgan fingerprint density at radius 3 is 1.50 bits per heavy atom. The zero-order valence-corrected chi connectivity index (χ0v) is 17.0. The van der Waals surface area contributed by atoms with Crippen molar-refractivity contribution in [2.45, 2.75) is 88.4 Å². The third-order valence-corrected chi connectivity index (χ3v) is 7.34. The van der Waals surface area contributed by atoms with Crippen molar-refractivity contribution in [3.05, 3.63) is 70.8 Å². The van der Waals surface area contributed by atoms with E-state index < -0.39 is 0 Å². The number of hydrogen-bond donors (Lipinski definition) is 2. The lowest BCUT2D eigenvalue weighted by molar-refractivity contribution is 0.233. The van der Waals surface area contributed by atoms with Gasteiger partial charge in [0.05, 0.1) is 0 Å². The Hall–Kier alpha value is -1.64. The average Bonchev–Trinajstić information content (AvgIpc) is 2.76. The minimum absolute atomic E-state index is 0.538. The van der Waals surface area contributed by atoms with Crippen LogP contribution in [0, 0.1) is 0 Å². The minimum Gasteiger partial charge on any atom is -0.306 e. The fourth-order valence-corrected chi connectivity index (χ4v) is 5.90. The second kappa shape index (κ2) is 8.39. The van der Waals surface area contributed by atoms with E-state index in [1.807, 2.05) is 0 Å². The van der Waals surface area contributed by atoms with Crippen LogP contribution in [0.25, 0.3) is 0 Å². The van der Waals surface area contributed by atoms with Crippen molar-refractivity contribution in [2.75, 3.05) is 0 Å². The highest BCUT2D eigenvalue weighted by molar-refractivity contribution is 5.33. The molecule has 3 aliphatic rings. The number of aryl methyl sites for hydroxylation is 2. The SMILES string of the molecule is c1ccc2c(c1)CCCC2N[C@@H]1CCCC[C@H]1NC1CCCc2ccccc21. The van der Waals surface area contributed by atoms with Crippen molar-refractivity contribution in [3.63, 3.8) is 0 Å². The lowest BCUT2D eigenvalue weighted by atomic mass is 9.83. The molecule has 0 radical (unpaired) electrons. The second-order valence-corrected chi connectivity index (χ2v) is 9.12. The molecule has 2 heteroatoms. The first-order chi connectivity index (χ1) is 13.9. The molecule has 2 aromatic carbocycles. The third-order valence-electron chi connectivity index (χ3n) is 7.34. The molecule has 0 bridgehead atoms. The summed E-state index contributed by atoms with van der Waals surface area (Å²) in [4.78, 5) is 0. The van der Waals surface area contributed by atoms with Gasteiger partial charge < -0.3 is 10.6 Å². The number of rotatable bonds is 4. The Balaban J connectivity index is 1.32. The van der Waals surface area contributed by atoms with E-state index in [4.69, 9.17) is 0 Å². The van der Waals surface area contributed by atoms with E-state index >= 15 is 0 Å². The standard InChI is InChI=1S/C26H34N2/c1-3-13-21-19(9-1)11-7-17-23(21)27-25-15-5-6-16-26(25)28-24-18-8-12-20-10-2-4-14-22(20)24/h1-4,9-10,13-14,23-28H,5-8,11-12,15-18H2/t23?,24?,25-,26-/m1/s1. The predicted molar refractivity (Wildman–Crippen MR) is 117 cm³/mol. The van der Waals surface area contributed by atoms with Crippen molar-refractivity contribution >= 4 is 0 Å². The lowest BCUT2D eigenvalue weighted by Gasteiger charge is -2.40. The molecule has 2 unspecified atom stereocenters. The highest BCUT2D eigenvalue weighted by Gasteiger charge is 2.31. The fraction of sp³-hybridized carbons (Fsp3) is 0.538. The first-order valence-electron chi connectivity index (χ1n) is 11.6. The van der Waals surface area contributed by atoms with Crippen molar-refractivity contribution in [1.29, 1.82) is 0 Å². The maximum absolute atomic E-state index is 4.12. The van der Waals surface area contributed by atoms with Crippen molar-refractivity contribution in [1.82, 2.24) is 10.6 Å². The van der Waals surface area contributed by atoms with E-state index in [-0.39, 0.29) is 0 Å². The Morgan fingerprint density at radius 1 is 0.536 bits per heavy atom. The summed E-state index contributed by atoms with van der Waals surface area (Å²) in [6.45, 7) is 0. The largest absolute Gasteiger partial charge is 0.306 e. The van der Waals surface area contributed by atoms with Crippen LogP contribution in [0.15, 0.2) is 48.5 Å². The molecule has 2 aromatic rings. The summed E-state index contributed by atoms with van der Waals surface area (Å²) in [5.74, 6) is 0. The number of benzene rings is 2. The van der Waals surface area contributed by atoms with Crippen LogP contribution in [-0.4, -0.2) is 12.1 Å². The van der Waals surface area contributed by atoms with Gasteiger partial charge in [-0.3, -0.25) is 0 Å². The molecular formula is C26H34N2. The van der Waals surface area contributed by atoms with E-state index in [2.05, 4.69) is 59.2 Å². The Bertz CT molecular complexity index is 731. The molecule has 28 heavy (non-hydrogen) atoms. The van der Waals surface area contributed by atoms with Gasteiger partial charge in [-0.2, -0.15) is 0 Å². The van der Waals surface area contributed by atoms with Crippen LogP contribution in [0.2, 0.25) is 0 Å². The molecule has 0 aromatic heterocycles. The van der Waals surface area contributed by atoms with E-state index in [1.54, 1.807) is 22.3 Å². The van der Waals surface area contributed by atoms with Gasteiger partial charge in [-0.15, -0.1) is 0 Å². The molecule has 0 heterocycles. The summed E-state index contributed by atoms with van der Waals surface area (Å²) in [6, 6.07) is 20.5. The molecule has 3 aliphatic carbocycles. The number of hydrogen-bond acceptors (Lipinski definition) is 2. The first kappa shape index (κ1) is 18.4. The maximum atomic E-state index is 4.12. The molecule has 148 valence electrons. The Kier molecular flexibility index (Phi) is 5.51. The van der Waals surface area contributed by atoms with E-state index in [9.17, 15) is 0 Å². The van der Waals surface area contributed by atoms with Gasteiger partial charge in [0.15, 0.2) is 0 Å². The summed E-state index contributed by atoms with van der Waals surface area (Å²) in [5.41, 5.74) is 6.24. The molecule has 4 atom stereocenters. The average molecular weight is 375 g/mol. The van der Waals surface area contributed by atoms with Crippen LogP contribution in [-0.2, 0) is 12.8 Å². The van der Waals surface area contributed by atoms with Gasteiger partial charge in [-0.05, 0) is 73.6 Å². The van der Waals surface area contributed by atoms with Crippen molar-refractivity contribution < 1.29 is 0 Å². The molecule has 0 spiro atoms. The molecule has 2 N–H and O–H groups in total. The molecule has 0 saturated heterocycles. The summed E-state index contributed by atoms with van der Waals surface area (Å²) < 4.78 is 0. The Morgan fingerprint density at radius 2 is 1.00 bits per heavy atom. The maximum Gasteiger partial charge on any atom is 0.0326 e. The molecule has 5 rings (SSSR count). The van der Waals surface area contributed by atoms with Crippen LogP contribution in [0.5, 0.6) is 0 Å². The molecule has 0 aliphatic heterocycles. The van der Waals surface area contributed by atoms with Gasteiger partial charge in [-0.25, -0.2) is 0 Å². The quantitative estimate of drug-likeness (QED) is 0.724. The van der Waals surface area contributed by atoms with Crippen LogP contribution in [0.4, 0.5) is 0 Å².